The van der Waals surface area contributed by atoms with Gasteiger partial charge in [-0.1, -0.05) is 16.8 Å². The van der Waals surface area contributed by atoms with E-state index in [1.807, 2.05) is 30.5 Å². The molecule has 1 aromatic heterocycles. The second-order valence-corrected chi connectivity index (χ2v) is 5.72. The van der Waals surface area contributed by atoms with Crippen LogP contribution in [0.25, 0.3) is 5.69 Å². The number of benzene rings is 1. The number of methoxy groups -OCH3 is 1. The van der Waals surface area contributed by atoms with E-state index in [2.05, 4.69) is 15.2 Å². The van der Waals surface area contributed by atoms with Gasteiger partial charge in [-0.3, -0.25) is 9.69 Å². The van der Waals surface area contributed by atoms with Crippen LogP contribution in [0.15, 0.2) is 30.5 Å². The van der Waals surface area contributed by atoms with Gasteiger partial charge in [-0.15, -0.1) is 5.10 Å². The minimum absolute atomic E-state index is 0.175. The zero-order valence-corrected chi connectivity index (χ0v) is 13.0. The summed E-state index contributed by atoms with van der Waals surface area (Å²) >= 11 is 5.88. The molecule has 1 aliphatic rings. The standard InChI is InChI=1S/C15H17ClN4O2/c1-22-15(21)14-3-2-8-19(14)9-12-10-20(18-17-12)13-6-4-11(16)5-7-13/h4-7,10,14H,2-3,8-9H2,1H3. The predicted octanol–water partition coefficient (Wildman–Crippen LogP) is 2.06. The summed E-state index contributed by atoms with van der Waals surface area (Å²) in [5.41, 5.74) is 1.72. The van der Waals surface area contributed by atoms with Crippen molar-refractivity contribution >= 4 is 17.6 Å². The summed E-state index contributed by atoms with van der Waals surface area (Å²) in [6.45, 7) is 1.46. The van der Waals surface area contributed by atoms with E-state index in [-0.39, 0.29) is 12.0 Å². The van der Waals surface area contributed by atoms with Crippen molar-refractivity contribution in [2.24, 2.45) is 0 Å². The molecule has 0 amide bonds. The van der Waals surface area contributed by atoms with Crippen LogP contribution in [0.3, 0.4) is 0 Å². The number of halogens is 1. The van der Waals surface area contributed by atoms with E-state index in [4.69, 9.17) is 16.3 Å². The molecule has 0 N–H and O–H groups in total. The molecule has 2 heterocycles. The third-order valence-corrected chi connectivity index (χ3v) is 4.09. The van der Waals surface area contributed by atoms with Crippen molar-refractivity contribution in [2.75, 3.05) is 13.7 Å². The number of rotatable bonds is 4. The summed E-state index contributed by atoms with van der Waals surface area (Å²) in [5.74, 6) is -0.178. The van der Waals surface area contributed by atoms with Gasteiger partial charge >= 0.3 is 5.97 Å². The van der Waals surface area contributed by atoms with Crippen LogP contribution in [0.5, 0.6) is 0 Å². The Kier molecular flexibility index (Phi) is 4.40. The van der Waals surface area contributed by atoms with Gasteiger partial charge in [0.15, 0.2) is 0 Å². The summed E-state index contributed by atoms with van der Waals surface area (Å²) in [4.78, 5) is 13.8. The fourth-order valence-corrected chi connectivity index (χ4v) is 2.84. The number of hydrogen-bond donors (Lipinski definition) is 0. The van der Waals surface area contributed by atoms with Crippen molar-refractivity contribution in [1.82, 2.24) is 19.9 Å². The van der Waals surface area contributed by atoms with Gasteiger partial charge in [0.25, 0.3) is 0 Å². The lowest BCUT2D eigenvalue weighted by Gasteiger charge is -2.20. The van der Waals surface area contributed by atoms with Gasteiger partial charge in [-0.25, -0.2) is 4.68 Å². The van der Waals surface area contributed by atoms with Gasteiger partial charge in [0, 0.05) is 11.6 Å². The molecule has 1 atom stereocenters. The summed E-state index contributed by atoms with van der Waals surface area (Å²) in [7, 11) is 1.43. The second kappa shape index (κ2) is 6.46. The highest BCUT2D eigenvalue weighted by atomic mass is 35.5. The lowest BCUT2D eigenvalue weighted by atomic mass is 10.2. The fraction of sp³-hybridized carbons (Fsp3) is 0.400. The van der Waals surface area contributed by atoms with Crippen molar-refractivity contribution in [1.29, 1.82) is 0 Å². The average Bonchev–Trinajstić information content (AvgIpc) is 3.17. The first-order chi connectivity index (χ1) is 10.7. The highest BCUT2D eigenvalue weighted by molar-refractivity contribution is 6.30. The van der Waals surface area contributed by atoms with Crippen molar-refractivity contribution < 1.29 is 9.53 Å². The molecule has 1 fully saturated rings. The Hall–Kier alpha value is -1.92. The molecule has 0 aliphatic carbocycles. The summed E-state index contributed by atoms with van der Waals surface area (Å²) < 4.78 is 6.56. The minimum atomic E-state index is -0.178. The Balaban J connectivity index is 1.71. The van der Waals surface area contributed by atoms with Crippen LogP contribution in [0.2, 0.25) is 5.02 Å². The molecule has 0 saturated carbocycles. The Bertz CT molecular complexity index is 656. The van der Waals surface area contributed by atoms with Crippen LogP contribution >= 0.6 is 11.6 Å². The first-order valence-corrected chi connectivity index (χ1v) is 7.54. The maximum Gasteiger partial charge on any atom is 0.323 e. The summed E-state index contributed by atoms with van der Waals surface area (Å²) in [6, 6.07) is 7.21. The van der Waals surface area contributed by atoms with Crippen LogP contribution in [-0.4, -0.2) is 45.6 Å². The molecule has 1 aliphatic heterocycles. The third kappa shape index (κ3) is 3.13. The van der Waals surface area contributed by atoms with E-state index in [1.165, 1.54) is 7.11 Å². The molecule has 6 nitrogen and oxygen atoms in total. The molecule has 1 saturated heterocycles. The number of hydrogen-bond acceptors (Lipinski definition) is 5. The van der Waals surface area contributed by atoms with E-state index >= 15 is 0 Å². The topological polar surface area (TPSA) is 60.2 Å². The zero-order valence-electron chi connectivity index (χ0n) is 12.3. The van der Waals surface area contributed by atoms with Crippen LogP contribution in [0.4, 0.5) is 0 Å². The first kappa shape index (κ1) is 15.0. The van der Waals surface area contributed by atoms with Crippen LogP contribution < -0.4 is 0 Å². The van der Waals surface area contributed by atoms with Crippen LogP contribution in [-0.2, 0) is 16.1 Å². The zero-order chi connectivity index (χ0) is 15.5. The molecule has 22 heavy (non-hydrogen) atoms. The third-order valence-electron chi connectivity index (χ3n) is 3.83. The Morgan fingerprint density at radius 1 is 1.41 bits per heavy atom. The highest BCUT2D eigenvalue weighted by Gasteiger charge is 2.31. The number of ether oxygens (including phenoxy) is 1. The smallest absolute Gasteiger partial charge is 0.323 e. The summed E-state index contributed by atoms with van der Waals surface area (Å²) in [6.07, 6.45) is 3.69. The van der Waals surface area contributed by atoms with Crippen LogP contribution in [0, 0.1) is 0 Å². The fourth-order valence-electron chi connectivity index (χ4n) is 2.72. The normalized spacial score (nSPS) is 18.5. The predicted molar refractivity (Wildman–Crippen MR) is 81.8 cm³/mol. The Morgan fingerprint density at radius 2 is 2.18 bits per heavy atom. The van der Waals surface area contributed by atoms with Crippen molar-refractivity contribution in [3.8, 4) is 5.69 Å². The van der Waals surface area contributed by atoms with Gasteiger partial charge in [0.2, 0.25) is 0 Å². The minimum Gasteiger partial charge on any atom is -0.468 e. The van der Waals surface area contributed by atoms with Gasteiger partial charge < -0.3 is 4.74 Å². The second-order valence-electron chi connectivity index (χ2n) is 5.28. The largest absolute Gasteiger partial charge is 0.468 e. The molecule has 116 valence electrons. The monoisotopic (exact) mass is 320 g/mol. The summed E-state index contributed by atoms with van der Waals surface area (Å²) in [5, 5.41) is 9.00. The van der Waals surface area contributed by atoms with Crippen molar-refractivity contribution in [3.05, 3.63) is 41.2 Å². The van der Waals surface area contributed by atoms with Crippen molar-refractivity contribution in [2.45, 2.75) is 25.4 Å². The number of aromatic nitrogens is 3. The van der Waals surface area contributed by atoms with E-state index in [1.54, 1.807) is 4.68 Å². The molecule has 1 unspecified atom stereocenters. The molecule has 0 bridgehead atoms. The molecule has 3 rings (SSSR count). The van der Waals surface area contributed by atoms with Crippen molar-refractivity contribution in [3.63, 3.8) is 0 Å². The molecule has 7 heteroatoms. The quantitative estimate of drug-likeness (QED) is 0.807. The van der Waals surface area contributed by atoms with Gasteiger partial charge in [0.05, 0.1) is 24.7 Å². The molecule has 2 aromatic rings. The lowest BCUT2D eigenvalue weighted by Crippen LogP contribution is -2.36. The highest BCUT2D eigenvalue weighted by Crippen LogP contribution is 2.21. The molecular weight excluding hydrogens is 304 g/mol. The van der Waals surface area contributed by atoms with E-state index < -0.39 is 0 Å². The molecule has 0 radical (unpaired) electrons. The van der Waals surface area contributed by atoms with Gasteiger partial charge in [0.1, 0.15) is 6.04 Å². The Labute approximate surface area is 133 Å². The Morgan fingerprint density at radius 3 is 2.91 bits per heavy atom. The van der Waals surface area contributed by atoms with Gasteiger partial charge in [-0.05, 0) is 43.7 Å². The number of nitrogens with zero attached hydrogens (tertiary/aromatic N) is 4. The van der Waals surface area contributed by atoms with Gasteiger partial charge in [-0.2, -0.15) is 0 Å². The van der Waals surface area contributed by atoms with E-state index in [9.17, 15) is 4.79 Å². The lowest BCUT2D eigenvalue weighted by molar-refractivity contribution is -0.146. The number of likely N-dealkylation sites (tertiary alicyclic amines) is 1. The SMILES string of the molecule is COC(=O)C1CCCN1Cc1cn(-c2ccc(Cl)cc2)nn1. The maximum absolute atomic E-state index is 11.8. The first-order valence-electron chi connectivity index (χ1n) is 7.16. The van der Waals surface area contributed by atoms with E-state index in [0.29, 0.717) is 11.6 Å². The maximum atomic E-state index is 11.8. The number of carbonyl (C=O) groups is 1. The average molecular weight is 321 g/mol. The molecular formula is C15H17ClN4O2. The number of esters is 1. The van der Waals surface area contributed by atoms with E-state index in [0.717, 1.165) is 30.8 Å². The molecule has 1 aromatic carbocycles. The number of carbonyl (C=O) groups excluding carboxylic acids is 1. The molecule has 0 spiro atoms. The van der Waals surface area contributed by atoms with Crippen LogP contribution in [0.1, 0.15) is 18.5 Å².